The molecule has 0 aromatic heterocycles. The molecule has 0 fully saturated rings. The average Bonchev–Trinajstić information content (AvgIpc) is 3.44. The maximum absolute atomic E-state index is 14.2. The third-order valence-corrected chi connectivity index (χ3v) is 10.9. The van der Waals surface area contributed by atoms with Crippen molar-refractivity contribution in [2.45, 2.75) is 49.4 Å². The van der Waals surface area contributed by atoms with E-state index in [0.29, 0.717) is 0 Å². The second-order valence-electron chi connectivity index (χ2n) is 15.6. The molecular formula is C44H25BF24OS. The highest BCUT2D eigenvalue weighted by Gasteiger charge is 2.47. The van der Waals surface area contributed by atoms with Gasteiger partial charge in [0.15, 0.2) is 16.9 Å². The van der Waals surface area contributed by atoms with Crippen LogP contribution >= 0.6 is 0 Å². The highest BCUT2D eigenvalue weighted by Crippen LogP contribution is 2.41. The van der Waals surface area contributed by atoms with Crippen LogP contribution in [0.25, 0.3) is 11.1 Å². The molecule has 0 amide bonds. The number of hydrogen-bond acceptors (Lipinski definition) is 1. The van der Waals surface area contributed by atoms with Gasteiger partial charge < -0.3 is 0 Å². The van der Waals surface area contributed by atoms with E-state index in [4.69, 9.17) is 4.18 Å². The zero-order valence-electron chi connectivity index (χ0n) is 34.9. The first-order valence-corrected chi connectivity index (χ1v) is 21.1. The second kappa shape index (κ2) is 18.9. The summed E-state index contributed by atoms with van der Waals surface area (Å²) in [6.07, 6.45) is -50.7. The van der Waals surface area contributed by atoms with Crippen LogP contribution in [0.3, 0.4) is 0 Å². The van der Waals surface area contributed by atoms with E-state index < -0.39 is 195 Å². The minimum absolute atomic E-state index is 0.00538. The van der Waals surface area contributed by atoms with E-state index in [1.807, 2.05) is 18.2 Å². The van der Waals surface area contributed by atoms with Crippen molar-refractivity contribution >= 4 is 39.2 Å². The zero-order chi connectivity index (χ0) is 53.9. The predicted molar refractivity (Wildman–Crippen MR) is 213 cm³/mol. The Labute approximate surface area is 386 Å². The van der Waals surface area contributed by atoms with E-state index in [-0.39, 0.29) is 11.2 Å². The number of halogens is 24. The van der Waals surface area contributed by atoms with Crippen molar-refractivity contribution in [2.75, 3.05) is 12.5 Å². The molecule has 0 radical (unpaired) electrons. The molecule has 0 heterocycles. The minimum atomic E-state index is -6.13. The van der Waals surface area contributed by atoms with Gasteiger partial charge in [0.05, 0.1) is 44.5 Å². The van der Waals surface area contributed by atoms with Gasteiger partial charge in [-0.2, -0.15) is 127 Å². The van der Waals surface area contributed by atoms with Crippen LogP contribution in [0.2, 0.25) is 0 Å². The molecule has 0 spiro atoms. The van der Waals surface area contributed by atoms with Gasteiger partial charge >= 0.3 is 49.4 Å². The Morgan fingerprint density at radius 2 is 0.493 bits per heavy atom. The summed E-state index contributed by atoms with van der Waals surface area (Å²) < 4.78 is 346. The molecule has 27 heteroatoms. The van der Waals surface area contributed by atoms with Crippen LogP contribution in [0.1, 0.15) is 44.5 Å². The van der Waals surface area contributed by atoms with Crippen molar-refractivity contribution in [1.82, 2.24) is 0 Å². The Bertz CT molecular complexity index is 2360. The number of rotatable bonds is 6. The Morgan fingerprint density at radius 3 is 0.662 bits per heavy atom. The smallest absolute Gasteiger partial charge is 0.287 e. The third-order valence-electron chi connectivity index (χ3n) is 10.4. The topological polar surface area (TPSA) is 9.23 Å². The maximum atomic E-state index is 14.2. The average molecular weight is 1070 g/mol. The third kappa shape index (κ3) is 13.0. The first-order chi connectivity index (χ1) is 32.0. The molecule has 6 rings (SSSR count). The van der Waals surface area contributed by atoms with Crippen molar-refractivity contribution < 1.29 is 110 Å². The fraction of sp³-hybridized carbons (Fsp3) is 0.227. The van der Waals surface area contributed by atoms with E-state index in [9.17, 15) is 105 Å². The molecule has 0 saturated carbocycles. The van der Waals surface area contributed by atoms with Crippen LogP contribution in [0.15, 0.2) is 115 Å². The summed E-state index contributed by atoms with van der Waals surface area (Å²) in [5.41, 5.74) is -27.7. The monoisotopic (exact) mass is 1070 g/mol. The van der Waals surface area contributed by atoms with Crippen molar-refractivity contribution in [3.05, 3.63) is 160 Å². The highest BCUT2D eigenvalue weighted by molar-refractivity contribution is 7.91. The second-order valence-corrected chi connectivity index (χ2v) is 17.2. The fourth-order valence-corrected chi connectivity index (χ4v) is 7.98. The van der Waals surface area contributed by atoms with E-state index >= 15 is 0 Å². The molecule has 384 valence electrons. The van der Waals surface area contributed by atoms with Gasteiger partial charge in [-0.25, -0.2) is 0 Å². The molecule has 0 N–H and O–H groups in total. The van der Waals surface area contributed by atoms with Gasteiger partial charge in [-0.05, 0) is 47.5 Å². The van der Waals surface area contributed by atoms with Crippen LogP contribution in [0.5, 0.6) is 5.75 Å². The van der Waals surface area contributed by atoms with Gasteiger partial charge in [0.2, 0.25) is 0 Å². The highest BCUT2D eigenvalue weighted by atomic mass is 32.2. The van der Waals surface area contributed by atoms with Crippen molar-refractivity contribution in [1.29, 1.82) is 0 Å². The van der Waals surface area contributed by atoms with E-state index in [0.717, 1.165) is 5.75 Å². The van der Waals surface area contributed by atoms with Crippen molar-refractivity contribution in [2.24, 2.45) is 0 Å². The Hall–Kier alpha value is -5.89. The summed E-state index contributed by atoms with van der Waals surface area (Å²) in [6, 6.07) is 5.69. The molecule has 0 bridgehead atoms. The fourth-order valence-electron chi connectivity index (χ4n) is 7.50. The largest absolute Gasteiger partial charge is 0.416 e. The number of fused-ring (bicyclic) bond motifs is 1. The standard InChI is InChI=1S/C32H12BF24.C12H13OS/c34-25(35,36)13-1-14(26(37,38)39)6-21(5-13)33(22-7-15(27(40,41)42)2-16(8-22)28(43,44)45,23-9-17(29(46,47)48)3-18(10-23)30(49,50)51)24-11-19(31(52,53)54)4-20(12-24)32(55,56)57;1-14(2)13-12-8-10-6-4-3-5-7-11(10)9-12/h1-12H;3-9H,1-2H3/q-1;+1. The molecule has 71 heavy (non-hydrogen) atoms. The SMILES string of the molecule is C[S+](C)Oc1cc2cccccc-2c1.FC(F)(F)c1cc([B-](c2cc(C(F)(F)F)cc(C(F)(F)F)c2)(c2cc(C(F)(F)F)cc(C(F)(F)F)c2)c2cc(C(F)(F)F)cc(C(F)(F)F)c2)cc(C(F)(F)F)c1. The quantitative estimate of drug-likeness (QED) is 0.0918. The summed E-state index contributed by atoms with van der Waals surface area (Å²) in [4.78, 5) is 0. The molecule has 2 aliphatic rings. The lowest BCUT2D eigenvalue weighted by Crippen LogP contribution is -2.75. The van der Waals surface area contributed by atoms with Crippen LogP contribution in [0.4, 0.5) is 105 Å². The molecule has 0 atom stereocenters. The van der Waals surface area contributed by atoms with Crippen LogP contribution < -0.4 is 26.0 Å². The van der Waals surface area contributed by atoms with Crippen molar-refractivity contribution in [3.8, 4) is 16.9 Å². The normalized spacial score (nSPS) is 13.6. The van der Waals surface area contributed by atoms with Gasteiger partial charge in [-0.1, -0.05) is 78.9 Å². The summed E-state index contributed by atoms with van der Waals surface area (Å²) in [5, 5.41) is 0. The Kier molecular flexibility index (Phi) is 15.0. The molecule has 0 saturated heterocycles. The number of alkyl halides is 24. The zero-order valence-corrected chi connectivity index (χ0v) is 35.8. The van der Waals surface area contributed by atoms with Crippen LogP contribution in [-0.2, 0) is 60.6 Å². The first kappa shape index (κ1) is 56.0. The number of benzene rings is 4. The number of hydrogen-bond donors (Lipinski definition) is 0. The van der Waals surface area contributed by atoms with E-state index in [2.05, 4.69) is 36.8 Å². The maximum Gasteiger partial charge on any atom is 0.416 e. The summed E-state index contributed by atoms with van der Waals surface area (Å²) in [6.45, 7) is 0. The van der Waals surface area contributed by atoms with Gasteiger partial charge in [-0.15, -0.1) is 0 Å². The molecule has 4 aromatic carbocycles. The molecule has 0 unspecified atom stereocenters. The van der Waals surface area contributed by atoms with Gasteiger partial charge in [0.25, 0.3) is 0 Å². The van der Waals surface area contributed by atoms with Crippen molar-refractivity contribution in [3.63, 3.8) is 0 Å². The molecule has 1 nitrogen and oxygen atoms in total. The molecular weight excluding hydrogens is 1040 g/mol. The minimum Gasteiger partial charge on any atom is -0.287 e. The van der Waals surface area contributed by atoms with Gasteiger partial charge in [0.1, 0.15) is 18.7 Å². The predicted octanol–water partition coefficient (Wildman–Crippen LogP) is 14.2. The van der Waals surface area contributed by atoms with Crippen LogP contribution in [-0.4, -0.2) is 18.7 Å². The summed E-state index contributed by atoms with van der Waals surface area (Å²) >= 11 is -0.00538. The molecule has 0 aliphatic heterocycles. The lowest BCUT2D eigenvalue weighted by Gasteiger charge is -2.46. The lowest BCUT2D eigenvalue weighted by molar-refractivity contribution is -0.144. The van der Waals surface area contributed by atoms with Gasteiger partial charge in [-0.3, -0.25) is 4.18 Å². The van der Waals surface area contributed by atoms with Gasteiger partial charge in [0, 0.05) is 0 Å². The molecule has 4 aromatic rings. The van der Waals surface area contributed by atoms with E-state index in [1.165, 1.54) is 11.1 Å². The molecule has 2 aliphatic carbocycles. The summed E-state index contributed by atoms with van der Waals surface area (Å²) in [5.74, 6) is 0.972. The summed E-state index contributed by atoms with van der Waals surface area (Å²) in [7, 11) is 0. The first-order valence-electron chi connectivity index (χ1n) is 19.1. The Morgan fingerprint density at radius 1 is 0.296 bits per heavy atom. The lowest BCUT2D eigenvalue weighted by atomic mass is 9.12. The van der Waals surface area contributed by atoms with Crippen LogP contribution in [0, 0.1) is 0 Å². The van der Waals surface area contributed by atoms with E-state index in [1.54, 1.807) is 0 Å². The Balaban J connectivity index is 0.000000569.